The van der Waals surface area contributed by atoms with E-state index in [0.717, 1.165) is 37.6 Å². The largest absolute Gasteiger partial charge is 0.383 e. The minimum atomic E-state index is 0.626. The molecule has 0 amide bonds. The molecule has 0 saturated heterocycles. The molecule has 24 heavy (non-hydrogen) atoms. The molecule has 3 rings (SSSR count). The summed E-state index contributed by atoms with van der Waals surface area (Å²) < 4.78 is 5.13. The predicted molar refractivity (Wildman–Crippen MR) is 97.6 cm³/mol. The average molecular weight is 324 g/mol. The second-order valence-electron chi connectivity index (χ2n) is 5.73. The lowest BCUT2D eigenvalue weighted by molar-refractivity contribution is 0.208. The summed E-state index contributed by atoms with van der Waals surface area (Å²) in [5, 5.41) is 3.49. The van der Waals surface area contributed by atoms with Gasteiger partial charge in [-0.2, -0.15) is 0 Å². The van der Waals surface area contributed by atoms with Crippen molar-refractivity contribution in [2.24, 2.45) is 4.99 Å². The van der Waals surface area contributed by atoms with Crippen molar-refractivity contribution in [1.82, 2.24) is 10.3 Å². The maximum Gasteiger partial charge on any atom is 0.198 e. The van der Waals surface area contributed by atoms with Crippen LogP contribution >= 0.6 is 0 Å². The number of para-hydroxylation sites is 1. The van der Waals surface area contributed by atoms with E-state index in [0.29, 0.717) is 13.2 Å². The highest BCUT2D eigenvalue weighted by Crippen LogP contribution is 2.27. The molecular formula is C19H24N4O. The molecule has 0 bridgehead atoms. The molecule has 1 aliphatic heterocycles. The Kier molecular flexibility index (Phi) is 5.80. The molecule has 0 radical (unpaired) electrons. The first kappa shape index (κ1) is 16.5. The third kappa shape index (κ3) is 4.11. The highest BCUT2D eigenvalue weighted by Gasteiger charge is 2.22. The number of methoxy groups -OCH3 is 1. The van der Waals surface area contributed by atoms with Crippen LogP contribution in [0.2, 0.25) is 0 Å². The van der Waals surface area contributed by atoms with E-state index in [1.807, 2.05) is 18.3 Å². The number of fused-ring (bicyclic) bond motifs is 1. The Balaban J connectivity index is 1.67. The fraction of sp³-hybridized carbons (Fsp3) is 0.368. The molecule has 2 aromatic rings. The van der Waals surface area contributed by atoms with E-state index >= 15 is 0 Å². The number of nitrogens with one attached hydrogen (secondary N) is 1. The van der Waals surface area contributed by atoms with E-state index in [1.165, 1.54) is 11.3 Å². The molecule has 1 aliphatic rings. The zero-order valence-corrected chi connectivity index (χ0v) is 14.1. The first-order valence-corrected chi connectivity index (χ1v) is 8.41. The van der Waals surface area contributed by atoms with Gasteiger partial charge in [0.15, 0.2) is 5.96 Å². The van der Waals surface area contributed by atoms with Gasteiger partial charge >= 0.3 is 0 Å². The molecule has 0 spiro atoms. The summed E-state index contributed by atoms with van der Waals surface area (Å²) in [5.41, 5.74) is 3.71. The summed E-state index contributed by atoms with van der Waals surface area (Å²) >= 11 is 0. The van der Waals surface area contributed by atoms with Gasteiger partial charge < -0.3 is 15.0 Å². The molecule has 0 unspecified atom stereocenters. The molecule has 1 aromatic heterocycles. The Hall–Kier alpha value is -2.40. The van der Waals surface area contributed by atoms with Gasteiger partial charge in [-0.25, -0.2) is 0 Å². The van der Waals surface area contributed by atoms with Crippen molar-refractivity contribution in [3.8, 4) is 0 Å². The summed E-state index contributed by atoms with van der Waals surface area (Å²) in [6, 6.07) is 14.5. The smallest absolute Gasteiger partial charge is 0.198 e. The normalized spacial score (nSPS) is 13.9. The number of aliphatic imine (C=N–C) groups is 1. The highest BCUT2D eigenvalue weighted by atomic mass is 16.5. The lowest BCUT2D eigenvalue weighted by Crippen LogP contribution is -2.41. The summed E-state index contributed by atoms with van der Waals surface area (Å²) in [6.07, 6.45) is 3.76. The number of benzene rings is 1. The quantitative estimate of drug-likeness (QED) is 0.503. The van der Waals surface area contributed by atoms with E-state index in [1.54, 1.807) is 7.11 Å². The van der Waals surface area contributed by atoms with Crippen LogP contribution in [-0.2, 0) is 17.6 Å². The van der Waals surface area contributed by atoms with Crippen molar-refractivity contribution < 1.29 is 4.74 Å². The molecule has 5 heteroatoms. The maximum atomic E-state index is 5.13. The Labute approximate surface area is 143 Å². The predicted octanol–water partition coefficient (Wildman–Crippen LogP) is 2.28. The number of anilines is 1. The fourth-order valence-electron chi connectivity index (χ4n) is 2.89. The molecule has 0 fully saturated rings. The monoisotopic (exact) mass is 324 g/mol. The van der Waals surface area contributed by atoms with Crippen LogP contribution in [0.25, 0.3) is 0 Å². The van der Waals surface area contributed by atoms with E-state index in [9.17, 15) is 0 Å². The van der Waals surface area contributed by atoms with Crippen LogP contribution in [0, 0.1) is 0 Å². The molecule has 2 heterocycles. The van der Waals surface area contributed by atoms with Crippen LogP contribution in [-0.4, -0.2) is 44.3 Å². The van der Waals surface area contributed by atoms with Gasteiger partial charge in [0.05, 0.1) is 13.2 Å². The van der Waals surface area contributed by atoms with Crippen LogP contribution in [0.1, 0.15) is 11.3 Å². The lowest BCUT2D eigenvalue weighted by atomic mass is 10.2. The maximum absolute atomic E-state index is 5.13. The number of pyridine rings is 1. The third-order valence-electron chi connectivity index (χ3n) is 4.09. The van der Waals surface area contributed by atoms with Crippen LogP contribution in [0.15, 0.2) is 53.7 Å². The second-order valence-corrected chi connectivity index (χ2v) is 5.73. The minimum absolute atomic E-state index is 0.626. The van der Waals surface area contributed by atoms with Crippen molar-refractivity contribution in [3.63, 3.8) is 0 Å². The SMILES string of the molecule is COCCN=C(NCCc1ccccn1)N1CCc2ccccc21. The third-order valence-corrected chi connectivity index (χ3v) is 4.09. The number of hydrogen-bond acceptors (Lipinski definition) is 3. The van der Waals surface area contributed by atoms with Gasteiger partial charge in [0.25, 0.3) is 0 Å². The van der Waals surface area contributed by atoms with Crippen molar-refractivity contribution in [3.05, 3.63) is 59.9 Å². The number of nitrogens with zero attached hydrogens (tertiary/aromatic N) is 3. The number of ether oxygens (including phenoxy) is 1. The number of hydrogen-bond donors (Lipinski definition) is 1. The molecule has 0 saturated carbocycles. The van der Waals surface area contributed by atoms with Crippen molar-refractivity contribution in [2.45, 2.75) is 12.8 Å². The van der Waals surface area contributed by atoms with Crippen LogP contribution in [0.5, 0.6) is 0 Å². The lowest BCUT2D eigenvalue weighted by Gasteiger charge is -2.23. The molecule has 1 N–H and O–H groups in total. The van der Waals surface area contributed by atoms with Gasteiger partial charge in [-0.1, -0.05) is 24.3 Å². The zero-order chi connectivity index (χ0) is 16.6. The van der Waals surface area contributed by atoms with Gasteiger partial charge in [-0.05, 0) is 30.2 Å². The Bertz CT molecular complexity index is 672. The first-order chi connectivity index (χ1) is 11.9. The number of guanidine groups is 1. The summed E-state index contributed by atoms with van der Waals surface area (Å²) in [7, 11) is 1.70. The van der Waals surface area contributed by atoms with Crippen LogP contribution in [0.4, 0.5) is 5.69 Å². The first-order valence-electron chi connectivity index (χ1n) is 8.41. The van der Waals surface area contributed by atoms with E-state index in [-0.39, 0.29) is 0 Å². The van der Waals surface area contributed by atoms with Gasteiger partial charge in [0.1, 0.15) is 0 Å². The van der Waals surface area contributed by atoms with Crippen molar-refractivity contribution >= 4 is 11.6 Å². The summed E-state index contributed by atoms with van der Waals surface area (Å²) in [4.78, 5) is 11.3. The standard InChI is InChI=1S/C19H24N4O/c1-24-15-13-22-19(21-12-9-17-7-4-5-11-20-17)23-14-10-16-6-2-3-8-18(16)23/h2-8,11H,9-10,12-15H2,1H3,(H,21,22). The Morgan fingerprint density at radius 2 is 2.12 bits per heavy atom. The van der Waals surface area contributed by atoms with Gasteiger partial charge in [-0.3, -0.25) is 9.98 Å². The van der Waals surface area contributed by atoms with E-state index in [4.69, 9.17) is 9.73 Å². The summed E-state index contributed by atoms with van der Waals surface area (Å²) in [6.45, 7) is 3.05. The Morgan fingerprint density at radius 3 is 2.96 bits per heavy atom. The van der Waals surface area contributed by atoms with E-state index < -0.39 is 0 Å². The minimum Gasteiger partial charge on any atom is -0.383 e. The number of aromatic nitrogens is 1. The topological polar surface area (TPSA) is 49.8 Å². The summed E-state index contributed by atoms with van der Waals surface area (Å²) in [5.74, 6) is 0.924. The second kappa shape index (κ2) is 8.45. The molecule has 0 aliphatic carbocycles. The Morgan fingerprint density at radius 1 is 1.25 bits per heavy atom. The van der Waals surface area contributed by atoms with Gasteiger partial charge in [0.2, 0.25) is 0 Å². The van der Waals surface area contributed by atoms with Crippen molar-refractivity contribution in [1.29, 1.82) is 0 Å². The van der Waals surface area contributed by atoms with E-state index in [2.05, 4.69) is 45.5 Å². The zero-order valence-electron chi connectivity index (χ0n) is 14.1. The average Bonchev–Trinajstić information content (AvgIpc) is 3.05. The van der Waals surface area contributed by atoms with Crippen LogP contribution in [0.3, 0.4) is 0 Å². The van der Waals surface area contributed by atoms with Crippen LogP contribution < -0.4 is 10.2 Å². The molecule has 0 atom stereocenters. The van der Waals surface area contributed by atoms with Gasteiger partial charge in [0, 0.05) is 44.2 Å². The molecule has 1 aromatic carbocycles. The number of rotatable bonds is 6. The molecule has 5 nitrogen and oxygen atoms in total. The van der Waals surface area contributed by atoms with Gasteiger partial charge in [-0.15, -0.1) is 0 Å². The fourth-order valence-corrected chi connectivity index (χ4v) is 2.89. The molecule has 126 valence electrons. The highest BCUT2D eigenvalue weighted by molar-refractivity contribution is 5.98. The molecular weight excluding hydrogens is 300 g/mol. The van der Waals surface area contributed by atoms with Crippen molar-refractivity contribution in [2.75, 3.05) is 38.3 Å².